The van der Waals surface area contributed by atoms with Crippen molar-refractivity contribution >= 4 is 23.5 Å². The molecule has 1 aromatic carbocycles. The number of amides is 1. The second-order valence-corrected chi connectivity index (χ2v) is 4.81. The van der Waals surface area contributed by atoms with Crippen LogP contribution in [0.25, 0.3) is 0 Å². The van der Waals surface area contributed by atoms with E-state index >= 15 is 0 Å². The second-order valence-electron chi connectivity index (χ2n) is 4.37. The molecule has 104 valence electrons. The average Bonchev–Trinajstić information content (AvgIpc) is 2.27. The molecular weight excluding hydrogens is 270 g/mol. The van der Waals surface area contributed by atoms with Crippen molar-refractivity contribution < 1.29 is 19.4 Å². The molecule has 0 saturated carbocycles. The standard InChI is InChI=1S/C13H16ClNO4/c1-7(2)15-12(17)8(3)19-13(18)10-5-4-9(14)6-11(10)16/h4-8,16H,1-3H3,(H,15,17)/t8-/m0/s1. The summed E-state index contributed by atoms with van der Waals surface area (Å²) in [6.45, 7) is 5.07. The van der Waals surface area contributed by atoms with E-state index in [1.165, 1.54) is 25.1 Å². The number of phenolic OH excluding ortho intramolecular Hbond substituents is 1. The quantitative estimate of drug-likeness (QED) is 0.831. The molecule has 1 aromatic rings. The highest BCUT2D eigenvalue weighted by Gasteiger charge is 2.21. The number of ether oxygens (including phenoxy) is 1. The first-order valence-corrected chi connectivity index (χ1v) is 6.19. The molecule has 19 heavy (non-hydrogen) atoms. The van der Waals surface area contributed by atoms with Gasteiger partial charge in [-0.3, -0.25) is 4.79 Å². The van der Waals surface area contributed by atoms with E-state index in [9.17, 15) is 14.7 Å². The Morgan fingerprint density at radius 1 is 1.32 bits per heavy atom. The van der Waals surface area contributed by atoms with Gasteiger partial charge in [-0.1, -0.05) is 11.6 Å². The van der Waals surface area contributed by atoms with Crippen molar-refractivity contribution in [2.24, 2.45) is 0 Å². The molecule has 0 aromatic heterocycles. The van der Waals surface area contributed by atoms with Crippen LogP contribution in [-0.4, -0.2) is 29.1 Å². The first kappa shape index (κ1) is 15.3. The Hall–Kier alpha value is -1.75. The molecule has 5 nitrogen and oxygen atoms in total. The summed E-state index contributed by atoms with van der Waals surface area (Å²) in [5, 5.41) is 12.5. The fourth-order valence-corrected chi connectivity index (χ4v) is 1.52. The van der Waals surface area contributed by atoms with Crippen LogP contribution in [0.4, 0.5) is 0 Å². The topological polar surface area (TPSA) is 75.6 Å². The van der Waals surface area contributed by atoms with Gasteiger partial charge in [0.1, 0.15) is 11.3 Å². The summed E-state index contributed by atoms with van der Waals surface area (Å²) in [6.07, 6.45) is -0.940. The number of phenols is 1. The van der Waals surface area contributed by atoms with Crippen LogP contribution < -0.4 is 5.32 Å². The van der Waals surface area contributed by atoms with Crippen molar-refractivity contribution in [3.05, 3.63) is 28.8 Å². The largest absolute Gasteiger partial charge is 0.507 e. The van der Waals surface area contributed by atoms with Crippen LogP contribution in [0, 0.1) is 0 Å². The van der Waals surface area contributed by atoms with E-state index in [0.717, 1.165) is 0 Å². The lowest BCUT2D eigenvalue weighted by atomic mass is 10.2. The number of esters is 1. The molecule has 6 heteroatoms. The average molecular weight is 286 g/mol. The summed E-state index contributed by atoms with van der Waals surface area (Å²) in [7, 11) is 0. The van der Waals surface area contributed by atoms with Gasteiger partial charge < -0.3 is 15.2 Å². The van der Waals surface area contributed by atoms with Gasteiger partial charge in [-0.05, 0) is 39.0 Å². The number of carbonyl (C=O) groups is 2. The fraction of sp³-hybridized carbons (Fsp3) is 0.385. The van der Waals surface area contributed by atoms with Gasteiger partial charge in [0, 0.05) is 11.1 Å². The van der Waals surface area contributed by atoms with E-state index in [4.69, 9.17) is 16.3 Å². The Labute approximate surface area is 116 Å². The van der Waals surface area contributed by atoms with Crippen LogP contribution in [-0.2, 0) is 9.53 Å². The summed E-state index contributed by atoms with van der Waals surface area (Å²) in [6, 6.07) is 3.98. The molecule has 2 N–H and O–H groups in total. The van der Waals surface area contributed by atoms with Crippen LogP contribution >= 0.6 is 11.6 Å². The SMILES string of the molecule is CC(C)NC(=O)[C@H](C)OC(=O)c1ccc(Cl)cc1O. The molecule has 0 aliphatic heterocycles. The zero-order valence-electron chi connectivity index (χ0n) is 10.9. The number of hydrogen-bond donors (Lipinski definition) is 2. The molecule has 0 spiro atoms. The van der Waals surface area contributed by atoms with Crippen LogP contribution in [0.1, 0.15) is 31.1 Å². The van der Waals surface area contributed by atoms with Gasteiger partial charge in [0.2, 0.25) is 0 Å². The lowest BCUT2D eigenvalue weighted by Gasteiger charge is -2.15. The minimum atomic E-state index is -0.940. The van der Waals surface area contributed by atoms with Crippen molar-refractivity contribution in [1.82, 2.24) is 5.32 Å². The molecule has 0 bridgehead atoms. The van der Waals surface area contributed by atoms with E-state index < -0.39 is 18.0 Å². The summed E-state index contributed by atoms with van der Waals surface area (Å²) in [4.78, 5) is 23.4. The number of rotatable bonds is 4. The first-order valence-electron chi connectivity index (χ1n) is 5.81. The van der Waals surface area contributed by atoms with Crippen molar-refractivity contribution in [1.29, 1.82) is 0 Å². The predicted octanol–water partition coefficient (Wildman–Crippen LogP) is 2.12. The van der Waals surface area contributed by atoms with E-state index in [-0.39, 0.29) is 17.4 Å². The van der Waals surface area contributed by atoms with Crippen LogP contribution in [0.5, 0.6) is 5.75 Å². The number of aromatic hydroxyl groups is 1. The third-order valence-electron chi connectivity index (χ3n) is 2.26. The molecule has 0 saturated heterocycles. The lowest BCUT2D eigenvalue weighted by Crippen LogP contribution is -2.39. The van der Waals surface area contributed by atoms with E-state index in [0.29, 0.717) is 5.02 Å². The van der Waals surface area contributed by atoms with Gasteiger partial charge in [0.15, 0.2) is 6.10 Å². The van der Waals surface area contributed by atoms with Gasteiger partial charge in [0.25, 0.3) is 5.91 Å². The monoisotopic (exact) mass is 285 g/mol. The minimum absolute atomic E-state index is 0.0337. The Bertz CT molecular complexity index is 488. The first-order chi connectivity index (χ1) is 8.81. The fourth-order valence-electron chi connectivity index (χ4n) is 1.36. The van der Waals surface area contributed by atoms with Crippen LogP contribution in [0.2, 0.25) is 5.02 Å². The third-order valence-corrected chi connectivity index (χ3v) is 2.50. The maximum Gasteiger partial charge on any atom is 0.342 e. The molecule has 1 rings (SSSR count). The zero-order chi connectivity index (χ0) is 14.6. The summed E-state index contributed by atoms with van der Waals surface area (Å²) < 4.78 is 4.97. The second kappa shape index (κ2) is 6.43. The number of carbonyl (C=O) groups excluding carboxylic acids is 2. The highest BCUT2D eigenvalue weighted by atomic mass is 35.5. The Balaban J connectivity index is 2.71. The van der Waals surface area contributed by atoms with Crippen molar-refractivity contribution in [3.8, 4) is 5.75 Å². The number of halogens is 1. The lowest BCUT2D eigenvalue weighted by molar-refractivity contribution is -0.129. The molecular formula is C13H16ClNO4. The molecule has 0 aliphatic carbocycles. The molecule has 0 fully saturated rings. The molecule has 0 unspecified atom stereocenters. The van der Waals surface area contributed by atoms with Gasteiger partial charge >= 0.3 is 5.97 Å². The highest BCUT2D eigenvalue weighted by molar-refractivity contribution is 6.30. The van der Waals surface area contributed by atoms with Gasteiger partial charge in [0.05, 0.1) is 0 Å². The Morgan fingerprint density at radius 3 is 2.47 bits per heavy atom. The van der Waals surface area contributed by atoms with E-state index in [1.807, 2.05) is 0 Å². The van der Waals surface area contributed by atoms with E-state index in [1.54, 1.807) is 13.8 Å². The summed E-state index contributed by atoms with van der Waals surface area (Å²) in [5.74, 6) is -1.45. The van der Waals surface area contributed by atoms with Gasteiger partial charge in [-0.2, -0.15) is 0 Å². The third kappa shape index (κ3) is 4.44. The Morgan fingerprint density at radius 2 is 1.95 bits per heavy atom. The normalized spacial score (nSPS) is 12.1. The molecule has 0 aliphatic rings. The van der Waals surface area contributed by atoms with Gasteiger partial charge in [-0.15, -0.1) is 0 Å². The maximum absolute atomic E-state index is 11.8. The smallest absolute Gasteiger partial charge is 0.342 e. The number of nitrogens with one attached hydrogen (secondary N) is 1. The molecule has 0 radical (unpaired) electrons. The summed E-state index contributed by atoms with van der Waals surface area (Å²) >= 11 is 5.66. The van der Waals surface area contributed by atoms with Gasteiger partial charge in [-0.25, -0.2) is 4.79 Å². The molecule has 1 atom stereocenters. The van der Waals surface area contributed by atoms with Crippen LogP contribution in [0.15, 0.2) is 18.2 Å². The molecule has 1 amide bonds. The van der Waals surface area contributed by atoms with E-state index in [2.05, 4.69) is 5.32 Å². The molecule has 0 heterocycles. The maximum atomic E-state index is 11.8. The highest BCUT2D eigenvalue weighted by Crippen LogP contribution is 2.22. The van der Waals surface area contributed by atoms with Crippen LogP contribution in [0.3, 0.4) is 0 Å². The van der Waals surface area contributed by atoms with Crippen molar-refractivity contribution in [2.45, 2.75) is 32.9 Å². The Kier molecular flexibility index (Phi) is 5.18. The number of benzene rings is 1. The minimum Gasteiger partial charge on any atom is -0.507 e. The van der Waals surface area contributed by atoms with Crippen molar-refractivity contribution in [2.75, 3.05) is 0 Å². The zero-order valence-corrected chi connectivity index (χ0v) is 11.7. The van der Waals surface area contributed by atoms with Crippen molar-refractivity contribution in [3.63, 3.8) is 0 Å². The number of hydrogen-bond acceptors (Lipinski definition) is 4. The predicted molar refractivity (Wildman–Crippen MR) is 71.3 cm³/mol. The summed E-state index contributed by atoms with van der Waals surface area (Å²) in [5.41, 5.74) is -0.0337.